The molecule has 0 atom stereocenters. The molecule has 0 aliphatic rings. The third-order valence-electron chi connectivity index (χ3n) is 2.97. The number of nitrogens with one attached hydrogen (secondary N) is 1. The Bertz CT molecular complexity index is 573. The fourth-order valence-electron chi connectivity index (χ4n) is 1.93. The molecule has 1 aromatic carbocycles. The molecule has 1 N–H and O–H groups in total. The summed E-state index contributed by atoms with van der Waals surface area (Å²) in [6.45, 7) is 3.62. The number of hydrogen-bond acceptors (Lipinski definition) is 3. The minimum absolute atomic E-state index is 0.146. The van der Waals surface area contributed by atoms with Gasteiger partial charge in [0.15, 0.2) is 5.76 Å². The van der Waals surface area contributed by atoms with Crippen molar-refractivity contribution in [1.29, 1.82) is 0 Å². The SMILES string of the molecule is Cc1ccc2cc(C(=O)NCCCN(C)C)oc2c1. The van der Waals surface area contributed by atoms with E-state index in [4.69, 9.17) is 4.42 Å². The molecule has 0 spiro atoms. The average Bonchev–Trinajstić information content (AvgIpc) is 2.77. The summed E-state index contributed by atoms with van der Waals surface area (Å²) in [4.78, 5) is 14.0. The van der Waals surface area contributed by atoms with Crippen LogP contribution < -0.4 is 5.32 Å². The van der Waals surface area contributed by atoms with Crippen LogP contribution in [0, 0.1) is 6.92 Å². The van der Waals surface area contributed by atoms with E-state index in [9.17, 15) is 4.79 Å². The molecule has 4 nitrogen and oxygen atoms in total. The van der Waals surface area contributed by atoms with Crippen molar-refractivity contribution in [2.75, 3.05) is 27.2 Å². The van der Waals surface area contributed by atoms with Gasteiger partial charge in [0.1, 0.15) is 5.58 Å². The van der Waals surface area contributed by atoms with Crippen molar-refractivity contribution in [2.24, 2.45) is 0 Å². The van der Waals surface area contributed by atoms with E-state index in [1.165, 1.54) is 0 Å². The molecular formula is C15H20N2O2. The molecule has 19 heavy (non-hydrogen) atoms. The summed E-state index contributed by atoms with van der Waals surface area (Å²) in [5.41, 5.74) is 1.89. The van der Waals surface area contributed by atoms with Gasteiger partial charge in [-0.15, -0.1) is 0 Å². The molecule has 0 unspecified atom stereocenters. The lowest BCUT2D eigenvalue weighted by Crippen LogP contribution is -2.26. The molecule has 0 fully saturated rings. The number of furan rings is 1. The summed E-state index contributed by atoms with van der Waals surface area (Å²) in [6, 6.07) is 7.71. The normalized spacial score (nSPS) is 11.2. The predicted octanol–water partition coefficient (Wildman–Crippen LogP) is 2.42. The lowest BCUT2D eigenvalue weighted by molar-refractivity contribution is 0.0927. The van der Waals surface area contributed by atoms with Gasteiger partial charge in [0.2, 0.25) is 0 Å². The molecule has 0 saturated heterocycles. The molecule has 0 aliphatic heterocycles. The van der Waals surface area contributed by atoms with Crippen molar-refractivity contribution in [3.8, 4) is 0 Å². The molecule has 0 bridgehead atoms. The Morgan fingerprint density at radius 1 is 1.32 bits per heavy atom. The monoisotopic (exact) mass is 260 g/mol. The second-order valence-corrected chi connectivity index (χ2v) is 5.06. The van der Waals surface area contributed by atoms with Crippen LogP contribution in [0.1, 0.15) is 22.5 Å². The molecule has 102 valence electrons. The van der Waals surface area contributed by atoms with E-state index in [0.29, 0.717) is 12.3 Å². The molecule has 1 amide bonds. The third kappa shape index (κ3) is 3.58. The van der Waals surface area contributed by atoms with Crippen LogP contribution in [0.2, 0.25) is 0 Å². The standard InChI is InChI=1S/C15H20N2O2/c1-11-5-6-12-10-14(19-13(12)9-11)15(18)16-7-4-8-17(2)3/h5-6,9-10H,4,7-8H2,1-3H3,(H,16,18). The highest BCUT2D eigenvalue weighted by atomic mass is 16.3. The number of carbonyl (C=O) groups is 1. The maximum atomic E-state index is 11.9. The summed E-state index contributed by atoms with van der Waals surface area (Å²) in [6.07, 6.45) is 0.929. The minimum atomic E-state index is -0.146. The van der Waals surface area contributed by atoms with E-state index in [1.54, 1.807) is 6.07 Å². The average molecular weight is 260 g/mol. The van der Waals surface area contributed by atoms with Crippen molar-refractivity contribution in [3.63, 3.8) is 0 Å². The van der Waals surface area contributed by atoms with Gasteiger partial charge in [0.25, 0.3) is 5.91 Å². The molecule has 4 heteroatoms. The lowest BCUT2D eigenvalue weighted by Gasteiger charge is -2.08. The van der Waals surface area contributed by atoms with Crippen LogP contribution >= 0.6 is 0 Å². The summed E-state index contributed by atoms with van der Waals surface area (Å²) in [7, 11) is 4.03. The van der Waals surface area contributed by atoms with Gasteiger partial charge in [-0.25, -0.2) is 0 Å². The molecule has 1 aromatic heterocycles. The minimum Gasteiger partial charge on any atom is -0.451 e. The van der Waals surface area contributed by atoms with Crippen LogP contribution in [-0.4, -0.2) is 38.0 Å². The number of amides is 1. The summed E-state index contributed by atoms with van der Waals surface area (Å²) >= 11 is 0. The fraction of sp³-hybridized carbons (Fsp3) is 0.400. The van der Waals surface area contributed by atoms with Gasteiger partial charge >= 0.3 is 0 Å². The second kappa shape index (κ2) is 5.89. The molecule has 0 aliphatic carbocycles. The number of benzene rings is 1. The zero-order chi connectivity index (χ0) is 13.8. The Kier molecular flexibility index (Phi) is 4.22. The van der Waals surface area contributed by atoms with Gasteiger partial charge in [0.05, 0.1) is 0 Å². The van der Waals surface area contributed by atoms with Crippen molar-refractivity contribution in [1.82, 2.24) is 10.2 Å². The predicted molar refractivity (Wildman–Crippen MR) is 76.5 cm³/mol. The van der Waals surface area contributed by atoms with E-state index in [0.717, 1.165) is 29.5 Å². The van der Waals surface area contributed by atoms with E-state index in [2.05, 4.69) is 10.2 Å². The highest BCUT2D eigenvalue weighted by Crippen LogP contribution is 2.20. The number of nitrogens with zero attached hydrogens (tertiary/aromatic N) is 1. The number of hydrogen-bond donors (Lipinski definition) is 1. The Morgan fingerprint density at radius 2 is 2.11 bits per heavy atom. The molecule has 2 rings (SSSR count). The summed E-state index contributed by atoms with van der Waals surface area (Å²) in [5.74, 6) is 0.234. The first kappa shape index (κ1) is 13.6. The molecule has 0 saturated carbocycles. The Labute approximate surface area is 113 Å². The number of rotatable bonds is 5. The van der Waals surface area contributed by atoms with E-state index in [1.807, 2.05) is 39.2 Å². The van der Waals surface area contributed by atoms with Crippen LogP contribution in [0.4, 0.5) is 0 Å². The topological polar surface area (TPSA) is 45.5 Å². The van der Waals surface area contributed by atoms with Gasteiger partial charge < -0.3 is 14.6 Å². The van der Waals surface area contributed by atoms with E-state index in [-0.39, 0.29) is 5.91 Å². The lowest BCUT2D eigenvalue weighted by atomic mass is 10.2. The van der Waals surface area contributed by atoms with Crippen LogP contribution in [0.15, 0.2) is 28.7 Å². The largest absolute Gasteiger partial charge is 0.451 e. The van der Waals surface area contributed by atoms with Crippen molar-refractivity contribution in [2.45, 2.75) is 13.3 Å². The third-order valence-corrected chi connectivity index (χ3v) is 2.97. The van der Waals surface area contributed by atoms with Crippen LogP contribution in [0.5, 0.6) is 0 Å². The van der Waals surface area contributed by atoms with Crippen LogP contribution in [0.25, 0.3) is 11.0 Å². The van der Waals surface area contributed by atoms with E-state index >= 15 is 0 Å². The zero-order valence-corrected chi connectivity index (χ0v) is 11.7. The van der Waals surface area contributed by atoms with Crippen molar-refractivity contribution < 1.29 is 9.21 Å². The summed E-state index contributed by atoms with van der Waals surface area (Å²) in [5, 5.41) is 3.83. The maximum Gasteiger partial charge on any atom is 0.287 e. The van der Waals surface area contributed by atoms with Crippen molar-refractivity contribution >= 4 is 16.9 Å². The summed E-state index contributed by atoms with van der Waals surface area (Å²) < 4.78 is 5.57. The second-order valence-electron chi connectivity index (χ2n) is 5.06. The molecule has 1 heterocycles. The number of fused-ring (bicyclic) bond motifs is 1. The van der Waals surface area contributed by atoms with Gasteiger partial charge in [-0.05, 0) is 51.7 Å². The molecule has 2 aromatic rings. The van der Waals surface area contributed by atoms with E-state index < -0.39 is 0 Å². The quantitative estimate of drug-likeness (QED) is 0.840. The number of aryl methyl sites for hydroxylation is 1. The van der Waals surface area contributed by atoms with Gasteiger partial charge in [-0.2, -0.15) is 0 Å². The van der Waals surface area contributed by atoms with Crippen LogP contribution in [-0.2, 0) is 0 Å². The van der Waals surface area contributed by atoms with Crippen molar-refractivity contribution in [3.05, 3.63) is 35.6 Å². The van der Waals surface area contributed by atoms with Gasteiger partial charge in [-0.3, -0.25) is 4.79 Å². The van der Waals surface area contributed by atoms with Crippen LogP contribution in [0.3, 0.4) is 0 Å². The first-order valence-corrected chi connectivity index (χ1v) is 6.49. The number of carbonyl (C=O) groups excluding carboxylic acids is 1. The zero-order valence-electron chi connectivity index (χ0n) is 11.7. The Morgan fingerprint density at radius 3 is 2.84 bits per heavy atom. The van der Waals surface area contributed by atoms with Gasteiger partial charge in [0, 0.05) is 11.9 Å². The highest BCUT2D eigenvalue weighted by Gasteiger charge is 2.11. The Balaban J connectivity index is 1.97. The maximum absolute atomic E-state index is 11.9. The fourth-order valence-corrected chi connectivity index (χ4v) is 1.93. The first-order valence-electron chi connectivity index (χ1n) is 6.49. The molecule has 0 radical (unpaired) electrons. The molecular weight excluding hydrogens is 240 g/mol. The van der Waals surface area contributed by atoms with Gasteiger partial charge in [-0.1, -0.05) is 12.1 Å². The Hall–Kier alpha value is -1.81. The smallest absolute Gasteiger partial charge is 0.287 e. The first-order chi connectivity index (χ1) is 9.06. The highest BCUT2D eigenvalue weighted by molar-refractivity contribution is 5.96.